The van der Waals surface area contributed by atoms with E-state index >= 15 is 0 Å². The minimum Gasteiger partial charge on any atom is -0.371 e. The third-order valence-electron chi connectivity index (χ3n) is 4.14. The van der Waals surface area contributed by atoms with Crippen LogP contribution in [0.25, 0.3) is 0 Å². The van der Waals surface area contributed by atoms with Gasteiger partial charge in [0.2, 0.25) is 0 Å². The molecule has 1 heterocycles. The Kier molecular flexibility index (Phi) is 4.03. The third kappa shape index (κ3) is 2.86. The maximum atomic E-state index is 6.31. The van der Waals surface area contributed by atoms with Crippen molar-refractivity contribution in [2.45, 2.75) is 25.3 Å². The van der Waals surface area contributed by atoms with Crippen LogP contribution in [0.3, 0.4) is 0 Å². The zero-order valence-electron chi connectivity index (χ0n) is 11.8. The van der Waals surface area contributed by atoms with Crippen LogP contribution in [0.15, 0.2) is 54.6 Å². The van der Waals surface area contributed by atoms with Crippen molar-refractivity contribution >= 4 is 5.69 Å². The Hall–Kier alpha value is -1.80. The molecule has 0 radical (unpaired) electrons. The summed E-state index contributed by atoms with van der Waals surface area (Å²) in [5, 5.41) is 0. The van der Waals surface area contributed by atoms with Crippen LogP contribution in [0.5, 0.6) is 0 Å². The summed E-state index contributed by atoms with van der Waals surface area (Å²) in [6, 6.07) is 19.3. The second-order valence-electron chi connectivity index (χ2n) is 5.53. The molecule has 2 nitrogen and oxygen atoms in total. The standard InChI is InChI=1S/C18H22N2/c19-17(15-7-2-1-3-8-15)12-14-20-13-6-10-16-9-4-5-11-18(16)20/h1-5,7-9,11,17H,6,10,12-14,19H2. The molecule has 1 unspecified atom stereocenters. The summed E-state index contributed by atoms with van der Waals surface area (Å²) in [6.07, 6.45) is 3.45. The van der Waals surface area contributed by atoms with Gasteiger partial charge in [0.15, 0.2) is 0 Å². The van der Waals surface area contributed by atoms with Crippen LogP contribution in [0.1, 0.15) is 30.0 Å². The molecule has 0 amide bonds. The third-order valence-corrected chi connectivity index (χ3v) is 4.14. The van der Waals surface area contributed by atoms with E-state index in [9.17, 15) is 0 Å². The van der Waals surface area contributed by atoms with E-state index in [1.807, 2.05) is 6.07 Å². The van der Waals surface area contributed by atoms with Crippen molar-refractivity contribution in [3.8, 4) is 0 Å². The molecular weight excluding hydrogens is 244 g/mol. The Balaban J connectivity index is 1.65. The molecule has 1 aliphatic rings. The molecule has 2 heteroatoms. The number of anilines is 1. The van der Waals surface area contributed by atoms with Crippen LogP contribution in [0.4, 0.5) is 5.69 Å². The highest BCUT2D eigenvalue weighted by molar-refractivity contribution is 5.55. The van der Waals surface area contributed by atoms with E-state index in [0.29, 0.717) is 0 Å². The van der Waals surface area contributed by atoms with E-state index in [2.05, 4.69) is 53.4 Å². The summed E-state index contributed by atoms with van der Waals surface area (Å²) >= 11 is 0. The van der Waals surface area contributed by atoms with Gasteiger partial charge in [0.25, 0.3) is 0 Å². The summed E-state index contributed by atoms with van der Waals surface area (Å²) in [7, 11) is 0. The van der Waals surface area contributed by atoms with Gasteiger partial charge >= 0.3 is 0 Å². The topological polar surface area (TPSA) is 29.3 Å². The molecule has 0 bridgehead atoms. The molecule has 1 atom stereocenters. The number of fused-ring (bicyclic) bond motifs is 1. The molecule has 0 saturated carbocycles. The van der Waals surface area contributed by atoms with Crippen molar-refractivity contribution in [2.24, 2.45) is 5.73 Å². The second kappa shape index (κ2) is 6.10. The van der Waals surface area contributed by atoms with Crippen molar-refractivity contribution in [3.63, 3.8) is 0 Å². The number of para-hydroxylation sites is 1. The van der Waals surface area contributed by atoms with Crippen molar-refractivity contribution in [1.29, 1.82) is 0 Å². The molecule has 2 N–H and O–H groups in total. The van der Waals surface area contributed by atoms with Crippen LogP contribution in [-0.4, -0.2) is 13.1 Å². The van der Waals surface area contributed by atoms with E-state index in [0.717, 1.165) is 19.5 Å². The number of rotatable bonds is 4. The highest BCUT2D eigenvalue weighted by atomic mass is 15.1. The lowest BCUT2D eigenvalue weighted by molar-refractivity contribution is 0.603. The number of benzene rings is 2. The van der Waals surface area contributed by atoms with Gasteiger partial charge in [-0.25, -0.2) is 0 Å². The van der Waals surface area contributed by atoms with Gasteiger partial charge in [-0.1, -0.05) is 48.5 Å². The van der Waals surface area contributed by atoms with Crippen LogP contribution in [0.2, 0.25) is 0 Å². The number of nitrogens with zero attached hydrogens (tertiary/aromatic N) is 1. The number of hydrogen-bond acceptors (Lipinski definition) is 2. The van der Waals surface area contributed by atoms with Gasteiger partial charge < -0.3 is 10.6 Å². The lowest BCUT2D eigenvalue weighted by Crippen LogP contribution is -2.32. The highest BCUT2D eigenvalue weighted by Crippen LogP contribution is 2.27. The highest BCUT2D eigenvalue weighted by Gasteiger charge is 2.17. The molecular formula is C18H22N2. The van der Waals surface area contributed by atoms with Crippen molar-refractivity contribution in [3.05, 3.63) is 65.7 Å². The molecule has 2 aromatic rings. The Morgan fingerprint density at radius 1 is 1.00 bits per heavy atom. The number of aryl methyl sites for hydroxylation is 1. The van der Waals surface area contributed by atoms with Crippen LogP contribution in [0, 0.1) is 0 Å². The molecule has 0 saturated heterocycles. The molecule has 3 rings (SSSR count). The largest absolute Gasteiger partial charge is 0.371 e. The molecule has 0 spiro atoms. The van der Waals surface area contributed by atoms with Crippen molar-refractivity contribution in [1.82, 2.24) is 0 Å². The predicted octanol–water partition coefficient (Wildman–Crippen LogP) is 3.53. The molecule has 2 aromatic carbocycles. The fourth-order valence-electron chi connectivity index (χ4n) is 3.01. The maximum absolute atomic E-state index is 6.31. The quantitative estimate of drug-likeness (QED) is 0.917. The van der Waals surface area contributed by atoms with Crippen LogP contribution in [-0.2, 0) is 6.42 Å². The van der Waals surface area contributed by atoms with E-state index in [1.54, 1.807) is 0 Å². The van der Waals surface area contributed by atoms with Gasteiger partial charge in [0.1, 0.15) is 0 Å². The average Bonchev–Trinajstić information content (AvgIpc) is 2.53. The molecule has 1 aliphatic heterocycles. The van der Waals surface area contributed by atoms with Gasteiger partial charge in [0, 0.05) is 24.8 Å². The summed E-state index contributed by atoms with van der Waals surface area (Å²) in [6.45, 7) is 2.19. The van der Waals surface area contributed by atoms with Crippen molar-refractivity contribution < 1.29 is 0 Å². The summed E-state index contributed by atoms with van der Waals surface area (Å²) in [4.78, 5) is 2.49. The fraction of sp³-hybridized carbons (Fsp3) is 0.333. The number of hydrogen-bond donors (Lipinski definition) is 1. The van der Waals surface area contributed by atoms with Gasteiger partial charge in [-0.15, -0.1) is 0 Å². The molecule has 20 heavy (non-hydrogen) atoms. The minimum atomic E-state index is 0.130. The first-order valence-corrected chi connectivity index (χ1v) is 7.48. The summed E-state index contributed by atoms with van der Waals surface area (Å²) < 4.78 is 0. The Bertz CT molecular complexity index is 550. The fourth-order valence-corrected chi connectivity index (χ4v) is 3.01. The first kappa shape index (κ1) is 13.2. The SMILES string of the molecule is NC(CCN1CCCc2ccccc21)c1ccccc1. The zero-order chi connectivity index (χ0) is 13.8. The Morgan fingerprint density at radius 3 is 2.60 bits per heavy atom. The Morgan fingerprint density at radius 2 is 1.75 bits per heavy atom. The van der Waals surface area contributed by atoms with E-state index in [-0.39, 0.29) is 6.04 Å². The molecule has 0 aliphatic carbocycles. The van der Waals surface area contributed by atoms with Gasteiger partial charge in [0.05, 0.1) is 0 Å². The lowest BCUT2D eigenvalue weighted by Gasteiger charge is -2.32. The smallest absolute Gasteiger partial charge is 0.0398 e. The van der Waals surface area contributed by atoms with Gasteiger partial charge in [-0.2, -0.15) is 0 Å². The summed E-state index contributed by atoms with van der Waals surface area (Å²) in [5.74, 6) is 0. The summed E-state index contributed by atoms with van der Waals surface area (Å²) in [5.41, 5.74) is 10.4. The van der Waals surface area contributed by atoms with Gasteiger partial charge in [-0.05, 0) is 36.5 Å². The predicted molar refractivity (Wildman–Crippen MR) is 85.0 cm³/mol. The average molecular weight is 266 g/mol. The molecule has 104 valence electrons. The maximum Gasteiger partial charge on any atom is 0.0398 e. The molecule has 0 fully saturated rings. The van der Waals surface area contributed by atoms with Crippen molar-refractivity contribution in [2.75, 3.05) is 18.0 Å². The molecule has 0 aromatic heterocycles. The first-order chi connectivity index (χ1) is 9.84. The van der Waals surface area contributed by atoms with E-state index < -0.39 is 0 Å². The van der Waals surface area contributed by atoms with Gasteiger partial charge in [-0.3, -0.25) is 0 Å². The van der Waals surface area contributed by atoms with E-state index in [4.69, 9.17) is 5.73 Å². The van der Waals surface area contributed by atoms with E-state index in [1.165, 1.54) is 29.7 Å². The normalized spacial score (nSPS) is 15.8. The van der Waals surface area contributed by atoms with Crippen LogP contribution < -0.4 is 10.6 Å². The zero-order valence-corrected chi connectivity index (χ0v) is 11.8. The Labute approximate surface area is 121 Å². The number of nitrogens with two attached hydrogens (primary N) is 1. The minimum absolute atomic E-state index is 0.130. The first-order valence-electron chi connectivity index (χ1n) is 7.48. The van der Waals surface area contributed by atoms with Crippen LogP contribution >= 0.6 is 0 Å². The second-order valence-corrected chi connectivity index (χ2v) is 5.53. The lowest BCUT2D eigenvalue weighted by atomic mass is 10.00. The monoisotopic (exact) mass is 266 g/mol.